The Labute approximate surface area is 121 Å². The number of rotatable bonds is 5. The van der Waals surface area contributed by atoms with Gasteiger partial charge in [-0.25, -0.2) is 9.18 Å². The Morgan fingerprint density at radius 1 is 1.20 bits per heavy atom. The third kappa shape index (κ3) is 3.84. The van der Waals surface area contributed by atoms with Crippen molar-refractivity contribution in [1.29, 1.82) is 0 Å². The molecule has 2 aromatic rings. The van der Waals surface area contributed by atoms with E-state index in [1.54, 1.807) is 11.8 Å². The summed E-state index contributed by atoms with van der Waals surface area (Å²) in [5, 5.41) is 8.90. The number of hydrogen-bond donors (Lipinski definition) is 1. The summed E-state index contributed by atoms with van der Waals surface area (Å²) in [5.74, 6) is -0.152. The molecule has 4 heteroatoms. The van der Waals surface area contributed by atoms with Gasteiger partial charge in [-0.1, -0.05) is 29.8 Å². The SMILES string of the molecule is Cc1cccc(CSCc2cc(C(=O)O)ccc2F)c1. The van der Waals surface area contributed by atoms with Gasteiger partial charge in [0.15, 0.2) is 0 Å². The topological polar surface area (TPSA) is 37.3 Å². The maximum atomic E-state index is 13.6. The molecule has 0 spiro atoms. The quantitative estimate of drug-likeness (QED) is 0.893. The van der Waals surface area contributed by atoms with Crippen LogP contribution in [-0.2, 0) is 11.5 Å². The van der Waals surface area contributed by atoms with Gasteiger partial charge in [0, 0.05) is 11.5 Å². The van der Waals surface area contributed by atoms with Gasteiger partial charge in [0.25, 0.3) is 0 Å². The second-order valence-electron chi connectivity index (χ2n) is 4.59. The highest BCUT2D eigenvalue weighted by Gasteiger charge is 2.08. The van der Waals surface area contributed by atoms with Gasteiger partial charge < -0.3 is 5.11 Å². The fourth-order valence-corrected chi connectivity index (χ4v) is 2.86. The van der Waals surface area contributed by atoms with Crippen LogP contribution in [0.3, 0.4) is 0 Å². The minimum Gasteiger partial charge on any atom is -0.478 e. The molecule has 0 saturated carbocycles. The van der Waals surface area contributed by atoms with Crippen LogP contribution in [0, 0.1) is 12.7 Å². The molecular formula is C16H15FO2S. The molecule has 2 rings (SSSR count). The highest BCUT2D eigenvalue weighted by atomic mass is 32.2. The van der Waals surface area contributed by atoms with E-state index >= 15 is 0 Å². The van der Waals surface area contributed by atoms with Crippen LogP contribution in [0.2, 0.25) is 0 Å². The van der Waals surface area contributed by atoms with Gasteiger partial charge in [0.2, 0.25) is 0 Å². The molecule has 0 aliphatic rings. The van der Waals surface area contributed by atoms with Crippen molar-refractivity contribution >= 4 is 17.7 Å². The molecule has 2 nitrogen and oxygen atoms in total. The van der Waals surface area contributed by atoms with Crippen LogP contribution >= 0.6 is 11.8 Å². The number of benzene rings is 2. The third-order valence-corrected chi connectivity index (χ3v) is 3.95. The van der Waals surface area contributed by atoms with Gasteiger partial charge in [-0.3, -0.25) is 0 Å². The van der Waals surface area contributed by atoms with E-state index in [9.17, 15) is 9.18 Å². The molecular weight excluding hydrogens is 275 g/mol. The average molecular weight is 290 g/mol. The van der Waals surface area contributed by atoms with Gasteiger partial charge in [0.05, 0.1) is 5.56 Å². The van der Waals surface area contributed by atoms with Crippen molar-refractivity contribution in [2.45, 2.75) is 18.4 Å². The lowest BCUT2D eigenvalue weighted by Crippen LogP contribution is -1.99. The van der Waals surface area contributed by atoms with Gasteiger partial charge in [-0.15, -0.1) is 0 Å². The molecule has 0 unspecified atom stereocenters. The predicted molar refractivity (Wildman–Crippen MR) is 79.5 cm³/mol. The number of hydrogen-bond acceptors (Lipinski definition) is 2. The molecule has 0 aromatic heterocycles. The van der Waals surface area contributed by atoms with E-state index in [1.807, 2.05) is 25.1 Å². The zero-order chi connectivity index (χ0) is 14.5. The first-order valence-electron chi connectivity index (χ1n) is 6.21. The van der Waals surface area contributed by atoms with Gasteiger partial charge in [0.1, 0.15) is 5.82 Å². The lowest BCUT2D eigenvalue weighted by atomic mass is 10.1. The number of carbonyl (C=O) groups is 1. The molecule has 0 heterocycles. The van der Waals surface area contributed by atoms with Crippen LogP contribution in [0.25, 0.3) is 0 Å². The fourth-order valence-electron chi connectivity index (χ4n) is 1.90. The first-order valence-corrected chi connectivity index (χ1v) is 7.37. The molecule has 0 bridgehead atoms. The Kier molecular flexibility index (Phi) is 4.79. The summed E-state index contributed by atoms with van der Waals surface area (Å²) in [5.41, 5.74) is 2.94. The highest BCUT2D eigenvalue weighted by molar-refractivity contribution is 7.97. The Morgan fingerprint density at radius 3 is 2.70 bits per heavy atom. The van der Waals surface area contributed by atoms with Crippen LogP contribution in [0.5, 0.6) is 0 Å². The standard InChI is InChI=1S/C16H15FO2S/c1-11-3-2-4-12(7-11)9-20-10-14-8-13(16(18)19)5-6-15(14)17/h2-8H,9-10H2,1H3,(H,18,19). The van der Waals surface area contributed by atoms with Crippen molar-refractivity contribution < 1.29 is 14.3 Å². The van der Waals surface area contributed by atoms with Crippen LogP contribution in [0.15, 0.2) is 42.5 Å². The highest BCUT2D eigenvalue weighted by Crippen LogP contribution is 2.21. The third-order valence-electron chi connectivity index (χ3n) is 2.90. The number of carboxylic acid groups (broad SMARTS) is 1. The number of thioether (sulfide) groups is 1. The van der Waals surface area contributed by atoms with Crippen molar-refractivity contribution in [3.8, 4) is 0 Å². The lowest BCUT2D eigenvalue weighted by molar-refractivity contribution is 0.0696. The molecule has 0 aliphatic carbocycles. The van der Waals surface area contributed by atoms with E-state index in [0.29, 0.717) is 11.3 Å². The second-order valence-corrected chi connectivity index (χ2v) is 5.58. The largest absolute Gasteiger partial charge is 0.478 e. The van der Waals surface area contributed by atoms with Crippen molar-refractivity contribution in [2.75, 3.05) is 0 Å². The monoisotopic (exact) mass is 290 g/mol. The lowest BCUT2D eigenvalue weighted by Gasteiger charge is -2.06. The minimum absolute atomic E-state index is 0.123. The summed E-state index contributed by atoms with van der Waals surface area (Å²) < 4.78 is 13.6. The number of halogens is 1. The maximum absolute atomic E-state index is 13.6. The summed E-state index contributed by atoms with van der Waals surface area (Å²) in [4.78, 5) is 10.9. The van der Waals surface area contributed by atoms with Crippen molar-refractivity contribution in [3.63, 3.8) is 0 Å². The Bertz CT molecular complexity index is 626. The molecule has 1 N–H and O–H groups in total. The smallest absolute Gasteiger partial charge is 0.335 e. The van der Waals surface area contributed by atoms with Crippen molar-refractivity contribution in [2.24, 2.45) is 0 Å². The molecule has 0 fully saturated rings. The van der Waals surface area contributed by atoms with E-state index in [2.05, 4.69) is 6.07 Å². The van der Waals surface area contributed by atoms with Crippen LogP contribution in [0.1, 0.15) is 27.0 Å². The molecule has 0 saturated heterocycles. The fraction of sp³-hybridized carbons (Fsp3) is 0.188. The Morgan fingerprint density at radius 2 is 2.00 bits per heavy atom. The predicted octanol–water partition coefficient (Wildman–Crippen LogP) is 4.27. The molecule has 104 valence electrons. The Balaban J connectivity index is 2.00. The van der Waals surface area contributed by atoms with Crippen molar-refractivity contribution in [3.05, 3.63) is 70.5 Å². The summed E-state index contributed by atoms with van der Waals surface area (Å²) in [6, 6.07) is 12.1. The molecule has 0 aliphatic heterocycles. The first kappa shape index (κ1) is 14.6. The number of carboxylic acids is 1. The van der Waals surface area contributed by atoms with Crippen LogP contribution in [0.4, 0.5) is 4.39 Å². The summed E-state index contributed by atoms with van der Waals surface area (Å²) in [6.07, 6.45) is 0. The van der Waals surface area contributed by atoms with E-state index in [-0.39, 0.29) is 11.4 Å². The van der Waals surface area contributed by atoms with Gasteiger partial charge in [-0.05, 0) is 36.2 Å². The molecule has 0 atom stereocenters. The normalized spacial score (nSPS) is 10.5. The summed E-state index contributed by atoms with van der Waals surface area (Å²) in [6.45, 7) is 2.03. The van der Waals surface area contributed by atoms with E-state index in [0.717, 1.165) is 5.75 Å². The first-order chi connectivity index (χ1) is 9.56. The van der Waals surface area contributed by atoms with Crippen molar-refractivity contribution in [1.82, 2.24) is 0 Å². The summed E-state index contributed by atoms with van der Waals surface area (Å²) in [7, 11) is 0. The van der Waals surface area contributed by atoms with Crippen LogP contribution < -0.4 is 0 Å². The minimum atomic E-state index is -1.03. The maximum Gasteiger partial charge on any atom is 0.335 e. The molecule has 0 radical (unpaired) electrons. The summed E-state index contributed by atoms with van der Waals surface area (Å²) >= 11 is 1.57. The van der Waals surface area contributed by atoms with E-state index in [4.69, 9.17) is 5.11 Å². The molecule has 20 heavy (non-hydrogen) atoms. The second kappa shape index (κ2) is 6.57. The number of aryl methyl sites for hydroxylation is 1. The number of aromatic carboxylic acids is 1. The van der Waals surface area contributed by atoms with Crippen LogP contribution in [-0.4, -0.2) is 11.1 Å². The zero-order valence-corrected chi connectivity index (χ0v) is 11.9. The zero-order valence-electron chi connectivity index (χ0n) is 11.1. The van der Waals surface area contributed by atoms with E-state index < -0.39 is 5.97 Å². The van der Waals surface area contributed by atoms with Gasteiger partial charge >= 0.3 is 5.97 Å². The Hall–Kier alpha value is -1.81. The molecule has 2 aromatic carbocycles. The molecule has 0 amide bonds. The van der Waals surface area contributed by atoms with Gasteiger partial charge in [-0.2, -0.15) is 11.8 Å². The van der Waals surface area contributed by atoms with E-state index in [1.165, 1.54) is 29.3 Å². The average Bonchev–Trinajstić information content (AvgIpc) is 2.40.